The second-order valence-electron chi connectivity index (χ2n) is 3.12. The summed E-state index contributed by atoms with van der Waals surface area (Å²) in [6, 6.07) is 0. The molecule has 0 aliphatic rings. The summed E-state index contributed by atoms with van der Waals surface area (Å²) in [5, 5.41) is 0. The standard InChI is InChI=1S/C6H16O8P2S/c1-4-13-16(10,14-5-2)6(15(7,8)9)17(3,11)12/h6H,4-5H2,1-3H3,(H2,7,8,9). The van der Waals surface area contributed by atoms with E-state index in [2.05, 4.69) is 9.05 Å². The van der Waals surface area contributed by atoms with Gasteiger partial charge in [0, 0.05) is 6.26 Å². The molecule has 0 aliphatic heterocycles. The van der Waals surface area contributed by atoms with Crippen LogP contribution in [0, 0.1) is 0 Å². The molecule has 11 heteroatoms. The molecular weight excluding hydrogens is 294 g/mol. The summed E-state index contributed by atoms with van der Waals surface area (Å²) in [6.07, 6.45) is 0.571. The molecule has 0 radical (unpaired) electrons. The van der Waals surface area contributed by atoms with Crippen LogP contribution in [0.1, 0.15) is 13.8 Å². The minimum absolute atomic E-state index is 0.191. The molecule has 0 saturated carbocycles. The van der Waals surface area contributed by atoms with Gasteiger partial charge in [-0.3, -0.25) is 9.13 Å². The molecule has 1 atom stereocenters. The summed E-state index contributed by atoms with van der Waals surface area (Å²) in [6.45, 7) is 2.43. The Bertz CT molecular complexity index is 427. The number of hydrogen-bond acceptors (Lipinski definition) is 6. The van der Waals surface area contributed by atoms with Crippen molar-refractivity contribution in [3.8, 4) is 0 Å². The van der Waals surface area contributed by atoms with E-state index in [1.807, 2.05) is 0 Å². The molecule has 1 unspecified atom stereocenters. The lowest BCUT2D eigenvalue weighted by molar-refractivity contribution is 0.219. The van der Waals surface area contributed by atoms with E-state index in [0.717, 1.165) is 0 Å². The molecule has 0 bridgehead atoms. The molecule has 8 nitrogen and oxygen atoms in total. The summed E-state index contributed by atoms with van der Waals surface area (Å²) < 4.78 is 52.8. The van der Waals surface area contributed by atoms with Crippen LogP contribution < -0.4 is 0 Å². The Balaban J connectivity index is 5.73. The van der Waals surface area contributed by atoms with Crippen LogP contribution in [0.3, 0.4) is 0 Å². The summed E-state index contributed by atoms with van der Waals surface area (Å²) in [4.78, 5) is 18.0. The molecule has 0 aromatic carbocycles. The molecule has 0 rings (SSSR count). The van der Waals surface area contributed by atoms with Crippen molar-refractivity contribution in [2.24, 2.45) is 0 Å². The Kier molecular flexibility index (Phi) is 6.01. The average molecular weight is 310 g/mol. The monoisotopic (exact) mass is 310 g/mol. The van der Waals surface area contributed by atoms with Gasteiger partial charge in [-0.05, 0) is 13.8 Å². The largest absolute Gasteiger partial charge is 0.361 e. The lowest BCUT2D eigenvalue weighted by atomic mass is 10.9. The smallest absolute Gasteiger partial charge is 0.323 e. The second-order valence-corrected chi connectivity index (χ2v) is 10.2. The molecule has 0 heterocycles. The van der Waals surface area contributed by atoms with Crippen LogP contribution in [0.25, 0.3) is 0 Å². The fraction of sp³-hybridized carbons (Fsp3) is 1.00. The first-order chi connectivity index (χ1) is 7.49. The van der Waals surface area contributed by atoms with Crippen LogP contribution in [-0.4, -0.2) is 42.4 Å². The number of rotatable bonds is 7. The van der Waals surface area contributed by atoms with Gasteiger partial charge in [-0.1, -0.05) is 0 Å². The third kappa shape index (κ3) is 4.79. The van der Waals surface area contributed by atoms with E-state index in [4.69, 9.17) is 9.79 Å². The zero-order chi connectivity index (χ0) is 13.9. The van der Waals surface area contributed by atoms with Crippen LogP contribution in [0.5, 0.6) is 0 Å². The van der Waals surface area contributed by atoms with Gasteiger partial charge in [-0.25, -0.2) is 8.42 Å². The Hall–Kier alpha value is 0.250. The summed E-state index contributed by atoms with van der Waals surface area (Å²) in [5.74, 6) is 0. The van der Waals surface area contributed by atoms with Crippen LogP contribution >= 0.6 is 15.2 Å². The zero-order valence-corrected chi connectivity index (χ0v) is 12.2. The molecule has 0 saturated heterocycles. The highest BCUT2D eigenvalue weighted by Crippen LogP contribution is 2.67. The van der Waals surface area contributed by atoms with E-state index in [-0.39, 0.29) is 13.2 Å². The summed E-state index contributed by atoms with van der Waals surface area (Å²) in [7, 11) is -13.9. The highest BCUT2D eigenvalue weighted by Gasteiger charge is 2.54. The predicted molar refractivity (Wildman–Crippen MR) is 61.5 cm³/mol. The van der Waals surface area contributed by atoms with Gasteiger partial charge >= 0.3 is 15.2 Å². The second kappa shape index (κ2) is 5.93. The minimum Gasteiger partial charge on any atom is -0.323 e. The molecule has 0 aromatic rings. The molecule has 0 spiro atoms. The maximum absolute atomic E-state index is 12.1. The molecular formula is C6H16O8P2S. The van der Waals surface area contributed by atoms with E-state index in [1.54, 1.807) is 0 Å². The molecule has 17 heavy (non-hydrogen) atoms. The van der Waals surface area contributed by atoms with Crippen molar-refractivity contribution >= 4 is 25.0 Å². The Morgan fingerprint density at radius 3 is 1.65 bits per heavy atom. The number of hydrogen-bond donors (Lipinski definition) is 2. The summed E-state index contributed by atoms with van der Waals surface area (Å²) >= 11 is 0. The molecule has 2 N–H and O–H groups in total. The average Bonchev–Trinajstić information content (AvgIpc) is 1.97. The fourth-order valence-corrected chi connectivity index (χ4v) is 8.35. The first kappa shape index (κ1) is 17.2. The van der Waals surface area contributed by atoms with Crippen LogP contribution in [0.4, 0.5) is 0 Å². The zero-order valence-electron chi connectivity index (χ0n) is 9.64. The van der Waals surface area contributed by atoms with Crippen molar-refractivity contribution in [1.29, 1.82) is 0 Å². The van der Waals surface area contributed by atoms with E-state index in [0.29, 0.717) is 6.26 Å². The van der Waals surface area contributed by atoms with Crippen molar-refractivity contribution in [3.63, 3.8) is 0 Å². The highest BCUT2D eigenvalue weighted by atomic mass is 32.2. The third-order valence-corrected chi connectivity index (χ3v) is 10.3. The van der Waals surface area contributed by atoms with E-state index < -0.39 is 29.8 Å². The van der Waals surface area contributed by atoms with Crippen molar-refractivity contribution in [2.45, 2.75) is 18.6 Å². The van der Waals surface area contributed by atoms with Gasteiger partial charge in [0.2, 0.25) is 0 Å². The maximum atomic E-state index is 12.1. The van der Waals surface area contributed by atoms with Gasteiger partial charge in [0.1, 0.15) is 0 Å². The third-order valence-electron chi connectivity index (χ3n) is 1.56. The minimum atomic E-state index is -5.18. The molecule has 104 valence electrons. The normalized spacial score (nSPS) is 15.8. The van der Waals surface area contributed by atoms with Gasteiger partial charge in [-0.2, -0.15) is 0 Å². The first-order valence-electron chi connectivity index (χ1n) is 4.62. The Morgan fingerprint density at radius 1 is 1.12 bits per heavy atom. The molecule has 0 aromatic heterocycles. The van der Waals surface area contributed by atoms with Crippen molar-refractivity contribution in [3.05, 3.63) is 0 Å². The lowest BCUT2D eigenvalue weighted by Crippen LogP contribution is -2.23. The van der Waals surface area contributed by atoms with Crippen molar-refractivity contribution in [1.82, 2.24) is 0 Å². The van der Waals surface area contributed by atoms with Crippen molar-refractivity contribution in [2.75, 3.05) is 19.5 Å². The van der Waals surface area contributed by atoms with Crippen LogP contribution in [-0.2, 0) is 28.0 Å². The topological polar surface area (TPSA) is 127 Å². The van der Waals surface area contributed by atoms with E-state index >= 15 is 0 Å². The SMILES string of the molecule is CCOP(=O)(OCC)C(P(=O)(O)O)S(C)(=O)=O. The molecule has 0 aliphatic carbocycles. The predicted octanol–water partition coefficient (Wildman–Crippen LogP) is 0.758. The first-order valence-corrected chi connectivity index (χ1v) is 9.86. The summed E-state index contributed by atoms with van der Waals surface area (Å²) in [5.41, 5.74) is 0. The van der Waals surface area contributed by atoms with Crippen LogP contribution in [0.15, 0.2) is 0 Å². The van der Waals surface area contributed by atoms with Gasteiger partial charge < -0.3 is 18.8 Å². The highest BCUT2D eigenvalue weighted by molar-refractivity contribution is 8.06. The molecule has 0 fully saturated rings. The Labute approximate surface area is 99.9 Å². The number of sulfone groups is 1. The van der Waals surface area contributed by atoms with Crippen LogP contribution in [0.2, 0.25) is 0 Å². The van der Waals surface area contributed by atoms with Gasteiger partial charge in [0.25, 0.3) is 4.73 Å². The van der Waals surface area contributed by atoms with Gasteiger partial charge in [-0.15, -0.1) is 0 Å². The van der Waals surface area contributed by atoms with E-state index in [9.17, 15) is 17.5 Å². The van der Waals surface area contributed by atoms with Gasteiger partial charge in [0.05, 0.1) is 13.2 Å². The van der Waals surface area contributed by atoms with Crippen molar-refractivity contribution < 1.29 is 36.4 Å². The lowest BCUT2D eigenvalue weighted by Gasteiger charge is -2.25. The van der Waals surface area contributed by atoms with E-state index in [1.165, 1.54) is 13.8 Å². The maximum Gasteiger partial charge on any atom is 0.361 e. The fourth-order valence-electron chi connectivity index (χ4n) is 1.19. The van der Waals surface area contributed by atoms with Gasteiger partial charge in [0.15, 0.2) is 9.84 Å². The quantitative estimate of drug-likeness (QED) is 0.660. The Morgan fingerprint density at radius 2 is 1.47 bits per heavy atom. The molecule has 0 amide bonds.